The molecule has 4 heteroatoms. The molecule has 0 spiro atoms. The van der Waals surface area contributed by atoms with Crippen LogP contribution >= 0.6 is 0 Å². The van der Waals surface area contributed by atoms with Crippen molar-refractivity contribution in [1.82, 2.24) is 0 Å². The molecule has 186 valence electrons. The van der Waals surface area contributed by atoms with Gasteiger partial charge in [-0.2, -0.15) is 0 Å². The van der Waals surface area contributed by atoms with Gasteiger partial charge in [0.15, 0.2) is 0 Å². The smallest absolute Gasteiger partial charge is 0.318 e. The van der Waals surface area contributed by atoms with Crippen LogP contribution in [0.1, 0.15) is 113 Å². The summed E-state index contributed by atoms with van der Waals surface area (Å²) < 4.78 is 0. The number of fused-ring (bicyclic) bond motifs is 3. The van der Waals surface area contributed by atoms with Gasteiger partial charge in [-0.1, -0.05) is 107 Å². The highest BCUT2D eigenvalue weighted by Crippen LogP contribution is 2.54. The molecule has 4 nitrogen and oxygen atoms in total. The van der Waals surface area contributed by atoms with Crippen molar-refractivity contribution in [3.05, 3.63) is 59.2 Å². The van der Waals surface area contributed by atoms with Crippen LogP contribution in [0.3, 0.4) is 0 Å². The number of oxime groups is 1. The molecule has 0 radical (unpaired) electrons. The van der Waals surface area contributed by atoms with Gasteiger partial charge in [-0.25, -0.2) is 4.79 Å². The summed E-state index contributed by atoms with van der Waals surface area (Å²) in [5, 5.41) is 4.05. The fourth-order valence-corrected chi connectivity index (χ4v) is 6.16. The Morgan fingerprint density at radius 1 is 0.943 bits per heavy atom. The lowest BCUT2D eigenvalue weighted by molar-refractivity contribution is -0.140. The SMILES string of the molecule is CCCCC1(CCCC)c2ccccc2-c2ccc(C(=O)/C(CC3CCCC3)=N/OC(C)=O)cc21. The molecule has 2 aromatic rings. The van der Waals surface area contributed by atoms with Gasteiger partial charge in [0.2, 0.25) is 5.78 Å². The zero-order chi connectivity index (χ0) is 24.8. The largest absolute Gasteiger partial charge is 0.331 e. The fraction of sp³-hybridized carbons (Fsp3) is 0.516. The molecule has 2 aromatic carbocycles. The van der Waals surface area contributed by atoms with E-state index in [4.69, 9.17) is 4.84 Å². The molecule has 2 aliphatic rings. The van der Waals surface area contributed by atoms with Crippen molar-refractivity contribution in [2.75, 3.05) is 0 Å². The number of ketones is 1. The van der Waals surface area contributed by atoms with E-state index >= 15 is 0 Å². The number of hydrogen-bond donors (Lipinski definition) is 0. The first kappa shape index (κ1) is 25.3. The van der Waals surface area contributed by atoms with Gasteiger partial charge in [0, 0.05) is 17.9 Å². The fourth-order valence-electron chi connectivity index (χ4n) is 6.16. The van der Waals surface area contributed by atoms with Crippen molar-refractivity contribution in [3.8, 4) is 11.1 Å². The minimum atomic E-state index is -0.496. The summed E-state index contributed by atoms with van der Waals surface area (Å²) in [5.41, 5.74) is 6.19. The van der Waals surface area contributed by atoms with Crippen LogP contribution in [0.4, 0.5) is 0 Å². The molecule has 0 atom stereocenters. The Kier molecular flexibility index (Phi) is 8.20. The summed E-state index contributed by atoms with van der Waals surface area (Å²) in [6, 6.07) is 15.0. The number of carbonyl (C=O) groups is 2. The van der Waals surface area contributed by atoms with Gasteiger partial charge in [-0.3, -0.25) is 4.79 Å². The molecule has 35 heavy (non-hydrogen) atoms. The molecule has 1 saturated carbocycles. The zero-order valence-corrected chi connectivity index (χ0v) is 21.6. The quantitative estimate of drug-likeness (QED) is 0.144. The summed E-state index contributed by atoms with van der Waals surface area (Å²) in [4.78, 5) is 30.2. The topological polar surface area (TPSA) is 55.7 Å². The number of unbranched alkanes of at least 4 members (excludes halogenated alkanes) is 2. The van der Waals surface area contributed by atoms with Crippen LogP contribution in [0.15, 0.2) is 47.6 Å². The molecule has 0 saturated heterocycles. The van der Waals surface area contributed by atoms with E-state index in [0.29, 0.717) is 23.6 Å². The number of Topliss-reactive ketones (excluding diaryl/α,β-unsaturated/α-hetero) is 1. The summed E-state index contributed by atoms with van der Waals surface area (Å²) in [5.74, 6) is -0.179. The van der Waals surface area contributed by atoms with Gasteiger partial charge in [0.25, 0.3) is 0 Å². The van der Waals surface area contributed by atoms with Crippen LogP contribution in [0.5, 0.6) is 0 Å². The zero-order valence-electron chi connectivity index (χ0n) is 21.6. The molecule has 4 rings (SSSR count). The maximum Gasteiger partial charge on any atom is 0.331 e. The van der Waals surface area contributed by atoms with Crippen molar-refractivity contribution in [2.45, 2.75) is 96.8 Å². The molecule has 1 fully saturated rings. The number of nitrogens with zero attached hydrogens (tertiary/aromatic N) is 1. The van der Waals surface area contributed by atoms with E-state index in [1.807, 2.05) is 6.07 Å². The molecular weight excluding hydrogens is 434 g/mol. The van der Waals surface area contributed by atoms with E-state index in [1.54, 1.807) is 0 Å². The lowest BCUT2D eigenvalue weighted by Gasteiger charge is -2.33. The Balaban J connectivity index is 1.76. The first-order chi connectivity index (χ1) is 17.0. The third-order valence-electron chi connectivity index (χ3n) is 7.95. The standard InChI is InChI=1S/C31H39NO3/c1-4-6-18-31(19-7-5-2)27-15-11-10-14-25(27)26-17-16-24(21-28(26)31)30(34)29(32-35-22(3)33)20-23-12-8-9-13-23/h10-11,14-17,21,23H,4-9,12-13,18-20H2,1-3H3/b32-29+. The van der Waals surface area contributed by atoms with Gasteiger partial charge in [0.1, 0.15) is 5.71 Å². The van der Waals surface area contributed by atoms with Crippen molar-refractivity contribution >= 4 is 17.5 Å². The molecule has 0 N–H and O–H groups in total. The van der Waals surface area contributed by atoms with E-state index in [0.717, 1.165) is 51.4 Å². The van der Waals surface area contributed by atoms with Crippen molar-refractivity contribution in [2.24, 2.45) is 11.1 Å². The highest BCUT2D eigenvalue weighted by Gasteiger charge is 2.42. The Labute approximate surface area is 210 Å². The maximum atomic E-state index is 13.7. The van der Waals surface area contributed by atoms with Gasteiger partial charge >= 0.3 is 5.97 Å². The first-order valence-corrected chi connectivity index (χ1v) is 13.5. The van der Waals surface area contributed by atoms with Gasteiger partial charge in [0.05, 0.1) is 0 Å². The van der Waals surface area contributed by atoms with Crippen LogP contribution in [0, 0.1) is 5.92 Å². The van der Waals surface area contributed by atoms with Gasteiger partial charge in [-0.05, 0) is 53.5 Å². The summed E-state index contributed by atoms with van der Waals surface area (Å²) in [6.07, 6.45) is 11.9. The lowest BCUT2D eigenvalue weighted by atomic mass is 9.70. The summed E-state index contributed by atoms with van der Waals surface area (Å²) in [7, 11) is 0. The molecule has 0 aliphatic heterocycles. The minimum absolute atomic E-state index is 0.0626. The van der Waals surface area contributed by atoms with Gasteiger partial charge < -0.3 is 4.84 Å². The molecule has 2 aliphatic carbocycles. The predicted molar refractivity (Wildman–Crippen MR) is 142 cm³/mol. The van der Waals surface area contributed by atoms with Crippen molar-refractivity contribution < 1.29 is 14.4 Å². The molecular formula is C31H39NO3. The monoisotopic (exact) mass is 473 g/mol. The second-order valence-electron chi connectivity index (χ2n) is 10.4. The average Bonchev–Trinajstić information content (AvgIpc) is 3.48. The van der Waals surface area contributed by atoms with Crippen LogP contribution in [-0.4, -0.2) is 17.5 Å². The second-order valence-corrected chi connectivity index (χ2v) is 10.4. The molecule has 0 amide bonds. The number of carbonyl (C=O) groups excluding carboxylic acids is 2. The Morgan fingerprint density at radius 3 is 2.26 bits per heavy atom. The summed E-state index contributed by atoms with van der Waals surface area (Å²) in [6.45, 7) is 5.82. The predicted octanol–water partition coefficient (Wildman–Crippen LogP) is 8.02. The third-order valence-corrected chi connectivity index (χ3v) is 7.95. The maximum absolute atomic E-state index is 13.7. The van der Waals surface area contributed by atoms with E-state index in [9.17, 15) is 9.59 Å². The average molecular weight is 474 g/mol. The van der Waals surface area contributed by atoms with Crippen LogP contribution in [0.25, 0.3) is 11.1 Å². The lowest BCUT2D eigenvalue weighted by Crippen LogP contribution is -2.26. The van der Waals surface area contributed by atoms with E-state index < -0.39 is 5.97 Å². The molecule has 0 bridgehead atoms. The second kappa shape index (κ2) is 11.3. The van der Waals surface area contributed by atoms with Crippen LogP contribution in [0.2, 0.25) is 0 Å². The third kappa shape index (κ3) is 5.27. The van der Waals surface area contributed by atoms with Crippen LogP contribution < -0.4 is 0 Å². The Morgan fingerprint density at radius 2 is 1.60 bits per heavy atom. The molecule has 0 unspecified atom stereocenters. The van der Waals surface area contributed by atoms with Crippen molar-refractivity contribution in [3.63, 3.8) is 0 Å². The van der Waals surface area contributed by atoms with Gasteiger partial charge in [-0.15, -0.1) is 0 Å². The van der Waals surface area contributed by atoms with E-state index in [-0.39, 0.29) is 11.2 Å². The highest BCUT2D eigenvalue weighted by atomic mass is 16.7. The normalized spacial score (nSPS) is 16.7. The summed E-state index contributed by atoms with van der Waals surface area (Å²) >= 11 is 0. The van der Waals surface area contributed by atoms with E-state index in [2.05, 4.69) is 55.4 Å². The van der Waals surface area contributed by atoms with E-state index in [1.165, 1.54) is 42.0 Å². The Hall–Kier alpha value is -2.75. The number of rotatable bonds is 11. The molecule has 0 aromatic heterocycles. The Bertz CT molecular complexity index is 1090. The first-order valence-electron chi connectivity index (χ1n) is 13.5. The van der Waals surface area contributed by atoms with Crippen molar-refractivity contribution in [1.29, 1.82) is 0 Å². The number of hydrogen-bond acceptors (Lipinski definition) is 4. The van der Waals surface area contributed by atoms with Crippen LogP contribution in [-0.2, 0) is 15.0 Å². The molecule has 0 heterocycles. The number of benzene rings is 2. The highest BCUT2D eigenvalue weighted by molar-refractivity contribution is 6.46. The minimum Gasteiger partial charge on any atom is -0.318 e.